The number of aromatic nitrogens is 1. The van der Waals surface area contributed by atoms with Crippen LogP contribution in [0.1, 0.15) is 25.5 Å². The van der Waals surface area contributed by atoms with Crippen LogP contribution in [0, 0.1) is 0 Å². The Morgan fingerprint density at radius 1 is 1.60 bits per heavy atom. The number of esters is 1. The van der Waals surface area contributed by atoms with Gasteiger partial charge in [-0.2, -0.15) is 0 Å². The smallest absolute Gasteiger partial charge is 0.311 e. The molecule has 0 amide bonds. The quantitative estimate of drug-likeness (QED) is 0.611. The molecule has 0 saturated heterocycles. The lowest BCUT2D eigenvalue weighted by Gasteiger charge is -2.03. The van der Waals surface area contributed by atoms with Crippen molar-refractivity contribution < 1.29 is 9.53 Å². The number of hydrogen-bond acceptors (Lipinski definition) is 3. The molecule has 0 spiro atoms. The number of halogens is 1. The van der Waals surface area contributed by atoms with Crippen molar-refractivity contribution in [3.8, 4) is 0 Å². The molecule has 4 heteroatoms. The summed E-state index contributed by atoms with van der Waals surface area (Å²) in [4.78, 5) is 15.4. The number of hydrogen-bond donors (Lipinski definition) is 0. The van der Waals surface area contributed by atoms with Gasteiger partial charge in [-0.15, -0.1) is 0 Å². The molecule has 82 valence electrons. The van der Waals surface area contributed by atoms with Gasteiger partial charge in [-0.3, -0.25) is 9.78 Å². The van der Waals surface area contributed by atoms with Crippen LogP contribution in [0.3, 0.4) is 0 Å². The highest BCUT2D eigenvalue weighted by Crippen LogP contribution is 2.09. The van der Waals surface area contributed by atoms with Gasteiger partial charge in [-0.25, -0.2) is 0 Å². The van der Waals surface area contributed by atoms with Crippen LogP contribution >= 0.6 is 15.9 Å². The molecule has 0 bridgehead atoms. The van der Waals surface area contributed by atoms with Gasteiger partial charge in [0.05, 0.1) is 18.7 Å². The molecule has 0 aliphatic carbocycles. The van der Waals surface area contributed by atoms with Crippen LogP contribution < -0.4 is 0 Å². The Hall–Kier alpha value is -0.900. The lowest BCUT2D eigenvalue weighted by molar-refractivity contribution is -0.143. The predicted molar refractivity (Wildman–Crippen MR) is 61.5 cm³/mol. The average Bonchev–Trinajstić information content (AvgIpc) is 2.18. The maximum absolute atomic E-state index is 11.3. The fraction of sp³-hybridized carbons (Fsp3) is 0.455. The van der Waals surface area contributed by atoms with E-state index < -0.39 is 0 Å². The molecular formula is C11H14BrNO2. The van der Waals surface area contributed by atoms with E-state index in [0.717, 1.165) is 23.0 Å². The van der Waals surface area contributed by atoms with E-state index in [0.29, 0.717) is 6.61 Å². The zero-order valence-corrected chi connectivity index (χ0v) is 10.3. The molecule has 0 aliphatic heterocycles. The fourth-order valence-electron chi connectivity index (χ4n) is 1.07. The number of pyridine rings is 1. The molecule has 0 aromatic carbocycles. The van der Waals surface area contributed by atoms with Crippen molar-refractivity contribution >= 4 is 21.9 Å². The van der Waals surface area contributed by atoms with E-state index in [2.05, 4.69) is 27.8 Å². The van der Waals surface area contributed by atoms with Gasteiger partial charge in [0.1, 0.15) is 0 Å². The molecule has 0 N–H and O–H groups in total. The minimum Gasteiger partial charge on any atom is -0.465 e. The molecule has 1 rings (SSSR count). The highest BCUT2D eigenvalue weighted by molar-refractivity contribution is 9.10. The van der Waals surface area contributed by atoms with Crippen molar-refractivity contribution in [3.05, 3.63) is 28.5 Å². The van der Waals surface area contributed by atoms with Gasteiger partial charge in [0.15, 0.2) is 0 Å². The summed E-state index contributed by atoms with van der Waals surface area (Å²) in [6.45, 7) is 2.56. The highest BCUT2D eigenvalue weighted by atomic mass is 79.9. The largest absolute Gasteiger partial charge is 0.465 e. The van der Waals surface area contributed by atoms with E-state index in [1.54, 1.807) is 6.20 Å². The summed E-state index contributed by atoms with van der Waals surface area (Å²) in [7, 11) is 0. The maximum atomic E-state index is 11.3. The Morgan fingerprint density at radius 2 is 2.40 bits per heavy atom. The Kier molecular flexibility index (Phi) is 5.32. The second kappa shape index (κ2) is 6.56. The van der Waals surface area contributed by atoms with Crippen molar-refractivity contribution in [2.24, 2.45) is 0 Å². The first-order valence-corrected chi connectivity index (χ1v) is 5.77. The monoisotopic (exact) mass is 271 g/mol. The predicted octanol–water partition coefficient (Wildman–Crippen LogP) is 2.73. The van der Waals surface area contributed by atoms with E-state index in [1.165, 1.54) is 0 Å². The van der Waals surface area contributed by atoms with Crippen LogP contribution in [0.5, 0.6) is 0 Å². The van der Waals surface area contributed by atoms with E-state index in [9.17, 15) is 4.79 Å². The number of carbonyl (C=O) groups is 1. The molecule has 0 fully saturated rings. The molecule has 0 unspecified atom stereocenters. The lowest BCUT2D eigenvalue weighted by Crippen LogP contribution is -2.09. The van der Waals surface area contributed by atoms with Gasteiger partial charge in [0.25, 0.3) is 0 Å². The van der Waals surface area contributed by atoms with Crippen LogP contribution in [-0.4, -0.2) is 17.6 Å². The maximum Gasteiger partial charge on any atom is 0.311 e. The molecular weight excluding hydrogens is 258 g/mol. The molecule has 1 aromatic heterocycles. The molecule has 1 heterocycles. The number of ether oxygens (including phenoxy) is 1. The second-order valence-corrected chi connectivity index (χ2v) is 4.13. The van der Waals surface area contributed by atoms with E-state index in [4.69, 9.17) is 4.74 Å². The normalized spacial score (nSPS) is 10.0. The highest BCUT2D eigenvalue weighted by Gasteiger charge is 2.05. The molecule has 15 heavy (non-hydrogen) atoms. The molecule has 0 atom stereocenters. The SMILES string of the molecule is CCCCOC(=O)Cc1cc(Br)ccn1. The van der Waals surface area contributed by atoms with Gasteiger partial charge in [-0.05, 0) is 18.6 Å². The van der Waals surface area contributed by atoms with Crippen LogP contribution in [0.25, 0.3) is 0 Å². The fourth-order valence-corrected chi connectivity index (χ4v) is 1.46. The summed E-state index contributed by atoms with van der Waals surface area (Å²) in [6, 6.07) is 3.65. The zero-order chi connectivity index (χ0) is 11.1. The average molecular weight is 272 g/mol. The summed E-state index contributed by atoms with van der Waals surface area (Å²) in [5, 5.41) is 0. The third-order valence-corrected chi connectivity index (χ3v) is 2.36. The standard InChI is InChI=1S/C11H14BrNO2/c1-2-3-6-15-11(14)8-10-7-9(12)4-5-13-10/h4-5,7H,2-3,6,8H2,1H3. The minimum absolute atomic E-state index is 0.214. The van der Waals surface area contributed by atoms with Crippen molar-refractivity contribution in [2.45, 2.75) is 26.2 Å². The van der Waals surface area contributed by atoms with Gasteiger partial charge in [-0.1, -0.05) is 29.3 Å². The van der Waals surface area contributed by atoms with Gasteiger partial charge in [0.2, 0.25) is 0 Å². The molecule has 3 nitrogen and oxygen atoms in total. The van der Waals surface area contributed by atoms with Gasteiger partial charge in [0, 0.05) is 10.7 Å². The molecule has 0 aliphatic rings. The summed E-state index contributed by atoms with van der Waals surface area (Å²) >= 11 is 3.32. The van der Waals surface area contributed by atoms with Crippen LogP contribution in [0.4, 0.5) is 0 Å². The van der Waals surface area contributed by atoms with Crippen molar-refractivity contribution in [2.75, 3.05) is 6.61 Å². The van der Waals surface area contributed by atoms with Crippen LogP contribution in [0.15, 0.2) is 22.8 Å². The Bertz CT molecular complexity index is 328. The Labute approximate surface area is 98.0 Å². The van der Waals surface area contributed by atoms with Crippen molar-refractivity contribution in [3.63, 3.8) is 0 Å². The topological polar surface area (TPSA) is 39.2 Å². The van der Waals surface area contributed by atoms with E-state index in [-0.39, 0.29) is 12.4 Å². The first-order valence-electron chi connectivity index (χ1n) is 4.98. The molecule has 1 aromatic rings. The minimum atomic E-state index is -0.214. The molecule has 0 radical (unpaired) electrons. The number of carbonyl (C=O) groups excluding carboxylic acids is 1. The Balaban J connectivity index is 2.37. The Morgan fingerprint density at radius 3 is 3.07 bits per heavy atom. The zero-order valence-electron chi connectivity index (χ0n) is 8.70. The molecule has 0 saturated carbocycles. The van der Waals surface area contributed by atoms with Crippen LogP contribution in [-0.2, 0) is 16.0 Å². The lowest BCUT2D eigenvalue weighted by atomic mass is 10.3. The van der Waals surface area contributed by atoms with E-state index >= 15 is 0 Å². The van der Waals surface area contributed by atoms with Gasteiger partial charge < -0.3 is 4.74 Å². The number of nitrogens with zero attached hydrogens (tertiary/aromatic N) is 1. The third kappa shape index (κ3) is 4.93. The van der Waals surface area contributed by atoms with Crippen LogP contribution in [0.2, 0.25) is 0 Å². The number of rotatable bonds is 5. The second-order valence-electron chi connectivity index (χ2n) is 3.22. The van der Waals surface area contributed by atoms with Gasteiger partial charge >= 0.3 is 5.97 Å². The van der Waals surface area contributed by atoms with E-state index in [1.807, 2.05) is 12.1 Å². The number of unbranched alkanes of at least 4 members (excludes halogenated alkanes) is 1. The third-order valence-electron chi connectivity index (χ3n) is 1.87. The summed E-state index contributed by atoms with van der Waals surface area (Å²) in [5.74, 6) is -0.214. The summed E-state index contributed by atoms with van der Waals surface area (Å²) in [6.07, 6.45) is 3.85. The summed E-state index contributed by atoms with van der Waals surface area (Å²) < 4.78 is 5.96. The van der Waals surface area contributed by atoms with Crippen molar-refractivity contribution in [1.82, 2.24) is 4.98 Å². The first-order chi connectivity index (χ1) is 7.22. The summed E-state index contributed by atoms with van der Waals surface area (Å²) in [5.41, 5.74) is 0.728. The van der Waals surface area contributed by atoms with Crippen molar-refractivity contribution in [1.29, 1.82) is 0 Å². The first kappa shape index (κ1) is 12.2.